The van der Waals surface area contributed by atoms with Gasteiger partial charge < -0.3 is 19.5 Å². The molecule has 0 spiro atoms. The van der Waals surface area contributed by atoms with Crippen LogP contribution in [0.2, 0.25) is 0 Å². The van der Waals surface area contributed by atoms with Gasteiger partial charge in [0.15, 0.2) is 6.29 Å². The molecule has 2 fully saturated rings. The molecule has 2 aliphatic rings. The molecule has 1 heterocycles. The van der Waals surface area contributed by atoms with Gasteiger partial charge in [-0.15, -0.1) is 0 Å². The van der Waals surface area contributed by atoms with E-state index in [9.17, 15) is 0 Å². The molecule has 0 amide bonds. The SMILES string of the molecule is CO[C@H]1O[C@H](COCc2ccccc2)C[C@@H]1NC1CCCCC1. The minimum atomic E-state index is -0.151. The molecule has 1 N–H and O–H groups in total. The molecule has 1 aromatic rings. The maximum atomic E-state index is 5.99. The smallest absolute Gasteiger partial charge is 0.172 e. The van der Waals surface area contributed by atoms with Gasteiger partial charge >= 0.3 is 0 Å². The van der Waals surface area contributed by atoms with Crippen LogP contribution in [0.25, 0.3) is 0 Å². The summed E-state index contributed by atoms with van der Waals surface area (Å²) in [5, 5.41) is 3.75. The molecule has 1 saturated heterocycles. The van der Waals surface area contributed by atoms with Crippen molar-refractivity contribution in [2.45, 2.75) is 69.6 Å². The van der Waals surface area contributed by atoms with E-state index in [0.717, 1.165) is 6.42 Å². The monoisotopic (exact) mass is 319 g/mol. The number of hydrogen-bond acceptors (Lipinski definition) is 4. The van der Waals surface area contributed by atoms with Crippen LogP contribution in [-0.4, -0.2) is 38.2 Å². The molecule has 3 rings (SSSR count). The average Bonchev–Trinajstić information content (AvgIpc) is 2.98. The average molecular weight is 319 g/mol. The molecule has 1 saturated carbocycles. The third kappa shape index (κ3) is 5.01. The summed E-state index contributed by atoms with van der Waals surface area (Å²) in [5.41, 5.74) is 1.20. The summed E-state index contributed by atoms with van der Waals surface area (Å²) in [6, 6.07) is 11.2. The topological polar surface area (TPSA) is 39.7 Å². The molecule has 128 valence electrons. The van der Waals surface area contributed by atoms with Crippen molar-refractivity contribution in [3.63, 3.8) is 0 Å². The third-order valence-corrected chi connectivity index (χ3v) is 4.87. The first-order valence-electron chi connectivity index (χ1n) is 8.91. The Morgan fingerprint density at radius 3 is 2.65 bits per heavy atom. The summed E-state index contributed by atoms with van der Waals surface area (Å²) in [6.45, 7) is 1.26. The van der Waals surface area contributed by atoms with E-state index in [1.807, 2.05) is 18.2 Å². The highest BCUT2D eigenvalue weighted by Gasteiger charge is 2.36. The van der Waals surface area contributed by atoms with Crippen LogP contribution in [0.1, 0.15) is 44.1 Å². The van der Waals surface area contributed by atoms with Gasteiger partial charge in [0.1, 0.15) is 0 Å². The van der Waals surface area contributed by atoms with Crippen LogP contribution < -0.4 is 5.32 Å². The van der Waals surface area contributed by atoms with Crippen molar-refractivity contribution in [2.75, 3.05) is 13.7 Å². The van der Waals surface area contributed by atoms with Crippen LogP contribution in [0.5, 0.6) is 0 Å². The van der Waals surface area contributed by atoms with Crippen LogP contribution in [0, 0.1) is 0 Å². The van der Waals surface area contributed by atoms with Gasteiger partial charge in [-0.2, -0.15) is 0 Å². The van der Waals surface area contributed by atoms with Crippen molar-refractivity contribution in [2.24, 2.45) is 0 Å². The Morgan fingerprint density at radius 1 is 1.13 bits per heavy atom. The Morgan fingerprint density at radius 2 is 1.91 bits per heavy atom. The fourth-order valence-electron chi connectivity index (χ4n) is 3.66. The van der Waals surface area contributed by atoms with Gasteiger partial charge in [-0.05, 0) is 24.8 Å². The van der Waals surface area contributed by atoms with Gasteiger partial charge in [-0.1, -0.05) is 49.6 Å². The molecule has 1 aromatic carbocycles. The predicted octanol–water partition coefficient (Wildman–Crippen LogP) is 3.26. The van der Waals surface area contributed by atoms with E-state index in [4.69, 9.17) is 14.2 Å². The summed E-state index contributed by atoms with van der Waals surface area (Å²) in [7, 11) is 1.73. The minimum Gasteiger partial charge on any atom is -0.374 e. The molecular formula is C19H29NO3. The van der Waals surface area contributed by atoms with Gasteiger partial charge in [-0.3, -0.25) is 0 Å². The second kappa shape index (κ2) is 8.78. The molecule has 23 heavy (non-hydrogen) atoms. The molecule has 3 atom stereocenters. The quantitative estimate of drug-likeness (QED) is 0.837. The van der Waals surface area contributed by atoms with E-state index in [1.165, 1.54) is 37.7 Å². The van der Waals surface area contributed by atoms with Crippen LogP contribution in [-0.2, 0) is 20.8 Å². The minimum absolute atomic E-state index is 0.116. The molecule has 4 heteroatoms. The molecule has 4 nitrogen and oxygen atoms in total. The Hall–Kier alpha value is -0.940. The molecule has 1 aliphatic heterocycles. The number of benzene rings is 1. The third-order valence-electron chi connectivity index (χ3n) is 4.87. The van der Waals surface area contributed by atoms with E-state index in [2.05, 4.69) is 17.4 Å². The van der Waals surface area contributed by atoms with Gasteiger partial charge in [0.05, 0.1) is 25.4 Å². The van der Waals surface area contributed by atoms with Crippen molar-refractivity contribution in [1.82, 2.24) is 5.32 Å². The van der Waals surface area contributed by atoms with E-state index in [1.54, 1.807) is 7.11 Å². The van der Waals surface area contributed by atoms with Crippen molar-refractivity contribution < 1.29 is 14.2 Å². The Balaban J connectivity index is 1.42. The predicted molar refractivity (Wildman–Crippen MR) is 90.2 cm³/mol. The lowest BCUT2D eigenvalue weighted by atomic mass is 9.94. The lowest BCUT2D eigenvalue weighted by Crippen LogP contribution is -2.44. The maximum Gasteiger partial charge on any atom is 0.172 e. The fourth-order valence-corrected chi connectivity index (χ4v) is 3.66. The standard InChI is InChI=1S/C19H29NO3/c1-21-19-18(20-16-10-6-3-7-11-16)12-17(23-19)14-22-13-15-8-4-2-5-9-15/h2,4-5,8-9,16-20H,3,6-7,10-14H2,1H3/t17-,18-,19-/m0/s1. The number of methoxy groups -OCH3 is 1. The van der Waals surface area contributed by atoms with Gasteiger partial charge in [0, 0.05) is 13.2 Å². The lowest BCUT2D eigenvalue weighted by molar-refractivity contribution is -0.137. The second-order valence-electron chi connectivity index (χ2n) is 6.71. The summed E-state index contributed by atoms with van der Waals surface area (Å²) in [5.74, 6) is 0. The maximum absolute atomic E-state index is 5.99. The summed E-state index contributed by atoms with van der Waals surface area (Å²) in [4.78, 5) is 0. The van der Waals surface area contributed by atoms with E-state index in [-0.39, 0.29) is 18.4 Å². The fraction of sp³-hybridized carbons (Fsp3) is 0.684. The van der Waals surface area contributed by atoms with Crippen molar-refractivity contribution >= 4 is 0 Å². The largest absolute Gasteiger partial charge is 0.374 e. The number of rotatable bonds is 7. The van der Waals surface area contributed by atoms with Crippen LogP contribution in [0.3, 0.4) is 0 Å². The van der Waals surface area contributed by atoms with E-state index in [0.29, 0.717) is 19.3 Å². The highest BCUT2D eigenvalue weighted by molar-refractivity contribution is 5.13. The molecule has 1 aliphatic carbocycles. The first-order chi connectivity index (χ1) is 11.3. The van der Waals surface area contributed by atoms with E-state index < -0.39 is 0 Å². The highest BCUT2D eigenvalue weighted by atomic mass is 16.7. The Bertz CT molecular complexity index is 447. The van der Waals surface area contributed by atoms with Gasteiger partial charge in [0.25, 0.3) is 0 Å². The number of hydrogen-bond donors (Lipinski definition) is 1. The molecule has 0 radical (unpaired) electrons. The van der Waals surface area contributed by atoms with Crippen molar-refractivity contribution in [3.8, 4) is 0 Å². The zero-order valence-corrected chi connectivity index (χ0v) is 14.1. The number of nitrogens with one attached hydrogen (secondary N) is 1. The number of ether oxygens (including phenoxy) is 3. The lowest BCUT2D eigenvalue weighted by Gasteiger charge is -2.28. The molecular weight excluding hydrogens is 290 g/mol. The zero-order chi connectivity index (χ0) is 15.9. The van der Waals surface area contributed by atoms with Crippen LogP contribution >= 0.6 is 0 Å². The first kappa shape index (κ1) is 16.9. The molecule has 0 aromatic heterocycles. The molecule has 0 unspecified atom stereocenters. The highest BCUT2D eigenvalue weighted by Crippen LogP contribution is 2.25. The summed E-state index contributed by atoms with van der Waals surface area (Å²) < 4.78 is 17.3. The second-order valence-corrected chi connectivity index (χ2v) is 6.71. The Kier molecular flexibility index (Phi) is 6.46. The van der Waals surface area contributed by atoms with Crippen molar-refractivity contribution in [1.29, 1.82) is 0 Å². The normalized spacial score (nSPS) is 29.0. The first-order valence-corrected chi connectivity index (χ1v) is 8.91. The summed E-state index contributed by atoms with van der Waals surface area (Å²) >= 11 is 0. The molecule has 0 bridgehead atoms. The van der Waals surface area contributed by atoms with Crippen LogP contribution in [0.4, 0.5) is 0 Å². The summed E-state index contributed by atoms with van der Waals surface area (Å²) in [6.07, 6.45) is 7.54. The van der Waals surface area contributed by atoms with Gasteiger partial charge in [-0.25, -0.2) is 0 Å². The van der Waals surface area contributed by atoms with Crippen LogP contribution in [0.15, 0.2) is 30.3 Å². The zero-order valence-electron chi connectivity index (χ0n) is 14.1. The van der Waals surface area contributed by atoms with Gasteiger partial charge in [0.2, 0.25) is 0 Å². The van der Waals surface area contributed by atoms with Crippen molar-refractivity contribution in [3.05, 3.63) is 35.9 Å². The Labute approximate surface area is 139 Å². The van der Waals surface area contributed by atoms with E-state index >= 15 is 0 Å².